The first-order valence-corrected chi connectivity index (χ1v) is 10.7. The first-order valence-electron chi connectivity index (χ1n) is 9.71. The number of carbonyl (C=O) groups excluding carboxylic acids is 1. The summed E-state index contributed by atoms with van der Waals surface area (Å²) in [5, 5.41) is 12.1. The predicted octanol–water partition coefficient (Wildman–Crippen LogP) is 4.08. The second-order valence-electron chi connectivity index (χ2n) is 6.78. The van der Waals surface area contributed by atoms with Crippen LogP contribution in [0.2, 0.25) is 0 Å². The second kappa shape index (κ2) is 9.99. The summed E-state index contributed by atoms with van der Waals surface area (Å²) in [6, 6.07) is 19.8. The molecule has 8 heteroatoms. The number of aromatic nitrogens is 4. The standard InChI is InChI=1S/C23H20FN5OS/c24-20-9-5-4-8-19(20)22(30)26-14-21-27-28-23(31-16-18-10-12-25-13-11-18)29(21)15-17-6-2-1-3-7-17/h1-13H,14-16H2,(H,26,30). The van der Waals surface area contributed by atoms with E-state index in [1.807, 2.05) is 47.0 Å². The lowest BCUT2D eigenvalue weighted by molar-refractivity contribution is 0.0945. The van der Waals surface area contributed by atoms with Gasteiger partial charge in [-0.1, -0.05) is 54.2 Å². The van der Waals surface area contributed by atoms with Crippen LogP contribution in [0, 0.1) is 5.82 Å². The number of thioether (sulfide) groups is 1. The van der Waals surface area contributed by atoms with Crippen LogP contribution >= 0.6 is 11.8 Å². The molecule has 0 fully saturated rings. The molecule has 156 valence electrons. The lowest BCUT2D eigenvalue weighted by Crippen LogP contribution is -2.25. The van der Waals surface area contributed by atoms with E-state index in [9.17, 15) is 9.18 Å². The number of halogens is 1. The van der Waals surface area contributed by atoms with Crippen LogP contribution in [-0.2, 0) is 18.8 Å². The summed E-state index contributed by atoms with van der Waals surface area (Å²) in [5.74, 6) is 0.278. The van der Waals surface area contributed by atoms with E-state index < -0.39 is 11.7 Å². The average Bonchev–Trinajstić information content (AvgIpc) is 3.19. The van der Waals surface area contributed by atoms with Crippen LogP contribution < -0.4 is 5.32 Å². The fourth-order valence-corrected chi connectivity index (χ4v) is 3.92. The summed E-state index contributed by atoms with van der Waals surface area (Å²) >= 11 is 1.56. The molecule has 2 aromatic carbocycles. The third-order valence-electron chi connectivity index (χ3n) is 4.62. The molecule has 0 aliphatic carbocycles. The largest absolute Gasteiger partial charge is 0.345 e. The Morgan fingerprint density at radius 1 is 0.935 bits per heavy atom. The Hall–Kier alpha value is -3.52. The number of pyridine rings is 1. The molecular weight excluding hydrogens is 413 g/mol. The van der Waals surface area contributed by atoms with Crippen molar-refractivity contribution in [2.45, 2.75) is 24.0 Å². The highest BCUT2D eigenvalue weighted by Gasteiger charge is 2.16. The second-order valence-corrected chi connectivity index (χ2v) is 7.72. The van der Waals surface area contributed by atoms with Gasteiger partial charge in [0.05, 0.1) is 18.7 Å². The maximum atomic E-state index is 13.9. The van der Waals surface area contributed by atoms with Gasteiger partial charge in [-0.3, -0.25) is 9.78 Å². The summed E-state index contributed by atoms with van der Waals surface area (Å²) in [6.07, 6.45) is 3.52. The third-order valence-corrected chi connectivity index (χ3v) is 5.66. The molecule has 2 aromatic heterocycles. The van der Waals surface area contributed by atoms with Gasteiger partial charge >= 0.3 is 0 Å². The fourth-order valence-electron chi connectivity index (χ4n) is 3.01. The maximum Gasteiger partial charge on any atom is 0.254 e. The topological polar surface area (TPSA) is 72.7 Å². The molecule has 0 saturated carbocycles. The van der Waals surface area contributed by atoms with Gasteiger partial charge in [0.15, 0.2) is 11.0 Å². The van der Waals surface area contributed by atoms with Crippen molar-refractivity contribution in [3.05, 3.63) is 107 Å². The van der Waals surface area contributed by atoms with E-state index >= 15 is 0 Å². The zero-order valence-electron chi connectivity index (χ0n) is 16.6. The molecule has 2 heterocycles. The van der Waals surface area contributed by atoms with Crippen molar-refractivity contribution >= 4 is 17.7 Å². The first-order chi connectivity index (χ1) is 15.2. The highest BCUT2D eigenvalue weighted by atomic mass is 32.2. The number of nitrogens with zero attached hydrogens (tertiary/aromatic N) is 4. The minimum Gasteiger partial charge on any atom is -0.345 e. The summed E-state index contributed by atoms with van der Waals surface area (Å²) in [7, 11) is 0. The van der Waals surface area contributed by atoms with Crippen LogP contribution in [-0.4, -0.2) is 25.7 Å². The van der Waals surface area contributed by atoms with Crippen molar-refractivity contribution in [1.29, 1.82) is 0 Å². The molecule has 0 radical (unpaired) electrons. The van der Waals surface area contributed by atoms with Crippen molar-refractivity contribution in [3.8, 4) is 0 Å². The van der Waals surface area contributed by atoms with Crippen molar-refractivity contribution in [2.75, 3.05) is 0 Å². The molecule has 1 N–H and O–H groups in total. The molecule has 0 aliphatic heterocycles. The number of hydrogen-bond donors (Lipinski definition) is 1. The molecule has 31 heavy (non-hydrogen) atoms. The van der Waals surface area contributed by atoms with E-state index in [0.29, 0.717) is 12.4 Å². The van der Waals surface area contributed by atoms with Gasteiger partial charge in [0, 0.05) is 18.1 Å². The molecule has 4 rings (SSSR count). The van der Waals surface area contributed by atoms with Gasteiger partial charge in [-0.2, -0.15) is 0 Å². The van der Waals surface area contributed by atoms with Gasteiger partial charge in [0.1, 0.15) is 5.82 Å². The number of benzene rings is 2. The fraction of sp³-hybridized carbons (Fsp3) is 0.130. The van der Waals surface area contributed by atoms with Crippen molar-refractivity contribution < 1.29 is 9.18 Å². The van der Waals surface area contributed by atoms with Crippen LogP contribution in [0.4, 0.5) is 4.39 Å². The van der Waals surface area contributed by atoms with E-state index in [0.717, 1.165) is 22.0 Å². The quantitative estimate of drug-likeness (QED) is 0.424. The van der Waals surface area contributed by atoms with Gasteiger partial charge in [-0.25, -0.2) is 4.39 Å². The Bertz CT molecular complexity index is 1150. The average molecular weight is 434 g/mol. The number of rotatable bonds is 8. The molecule has 0 bridgehead atoms. The Kier molecular flexibility index (Phi) is 6.68. The van der Waals surface area contributed by atoms with Crippen molar-refractivity contribution in [1.82, 2.24) is 25.1 Å². The van der Waals surface area contributed by atoms with Crippen molar-refractivity contribution in [2.24, 2.45) is 0 Å². The number of carbonyl (C=O) groups is 1. The molecule has 4 aromatic rings. The minimum absolute atomic E-state index is 0.00362. The monoisotopic (exact) mass is 433 g/mol. The van der Waals surface area contributed by atoms with Crippen LogP contribution in [0.25, 0.3) is 0 Å². The van der Waals surface area contributed by atoms with Crippen LogP contribution in [0.5, 0.6) is 0 Å². The van der Waals surface area contributed by atoms with Crippen LogP contribution in [0.3, 0.4) is 0 Å². The van der Waals surface area contributed by atoms with Gasteiger partial charge in [-0.05, 0) is 35.4 Å². The molecule has 6 nitrogen and oxygen atoms in total. The molecule has 0 spiro atoms. The Morgan fingerprint density at radius 3 is 2.45 bits per heavy atom. The van der Waals surface area contributed by atoms with E-state index in [1.165, 1.54) is 12.1 Å². The molecule has 1 amide bonds. The Morgan fingerprint density at radius 2 is 1.68 bits per heavy atom. The zero-order chi connectivity index (χ0) is 21.5. The molecular formula is C23H20FN5OS. The number of nitrogens with one attached hydrogen (secondary N) is 1. The summed E-state index contributed by atoms with van der Waals surface area (Å²) in [4.78, 5) is 16.4. The lowest BCUT2D eigenvalue weighted by atomic mass is 10.2. The van der Waals surface area contributed by atoms with E-state index in [2.05, 4.69) is 20.5 Å². The summed E-state index contributed by atoms with van der Waals surface area (Å²) in [6.45, 7) is 0.709. The van der Waals surface area contributed by atoms with E-state index in [-0.39, 0.29) is 12.1 Å². The number of hydrogen-bond acceptors (Lipinski definition) is 5. The zero-order valence-corrected chi connectivity index (χ0v) is 17.4. The first kappa shape index (κ1) is 20.7. The van der Waals surface area contributed by atoms with Gasteiger partial charge in [0.2, 0.25) is 0 Å². The highest BCUT2D eigenvalue weighted by molar-refractivity contribution is 7.98. The van der Waals surface area contributed by atoms with Gasteiger partial charge in [-0.15, -0.1) is 10.2 Å². The van der Waals surface area contributed by atoms with E-state index in [1.54, 1.807) is 36.3 Å². The molecule has 0 unspecified atom stereocenters. The summed E-state index contributed by atoms with van der Waals surface area (Å²) < 4.78 is 15.9. The summed E-state index contributed by atoms with van der Waals surface area (Å²) in [5.41, 5.74) is 2.22. The number of amides is 1. The van der Waals surface area contributed by atoms with E-state index in [4.69, 9.17) is 0 Å². The Balaban J connectivity index is 1.52. The SMILES string of the molecule is O=C(NCc1nnc(SCc2ccncc2)n1Cc1ccccc1)c1ccccc1F. The van der Waals surface area contributed by atoms with Gasteiger partial charge < -0.3 is 9.88 Å². The smallest absolute Gasteiger partial charge is 0.254 e. The third kappa shape index (κ3) is 5.35. The van der Waals surface area contributed by atoms with Crippen molar-refractivity contribution in [3.63, 3.8) is 0 Å². The molecule has 0 atom stereocenters. The lowest BCUT2D eigenvalue weighted by Gasteiger charge is -2.11. The predicted molar refractivity (Wildman–Crippen MR) is 117 cm³/mol. The normalized spacial score (nSPS) is 10.7. The van der Waals surface area contributed by atoms with Crippen LogP contribution in [0.1, 0.15) is 27.3 Å². The van der Waals surface area contributed by atoms with Gasteiger partial charge in [0.25, 0.3) is 5.91 Å². The maximum absolute atomic E-state index is 13.9. The molecule has 0 aliphatic rings. The van der Waals surface area contributed by atoms with Crippen LogP contribution in [0.15, 0.2) is 84.3 Å². The Labute approximate surface area is 183 Å². The highest BCUT2D eigenvalue weighted by Crippen LogP contribution is 2.23. The minimum atomic E-state index is -0.556. The molecule has 0 saturated heterocycles.